The van der Waals surface area contributed by atoms with Crippen LogP contribution in [-0.2, 0) is 4.79 Å². The molecule has 4 nitrogen and oxygen atoms in total. The Morgan fingerprint density at radius 1 is 1.09 bits per heavy atom. The maximum Gasteiger partial charge on any atom is 0.255 e. The lowest BCUT2D eigenvalue weighted by Crippen LogP contribution is -2.28. The molecule has 4 heteroatoms. The van der Waals surface area contributed by atoms with Crippen molar-refractivity contribution in [2.75, 3.05) is 18.4 Å². The summed E-state index contributed by atoms with van der Waals surface area (Å²) in [5.74, 6) is 0.0251. The number of unbranched alkanes of at least 4 members (excludes halogenated alkanes) is 3. The lowest BCUT2D eigenvalue weighted by Gasteiger charge is -2.18. The number of para-hydroxylation sites is 1. The van der Waals surface area contributed by atoms with E-state index in [1.807, 2.05) is 23.1 Å². The molecule has 1 aliphatic heterocycles. The molecule has 2 rings (SSSR count). The van der Waals surface area contributed by atoms with Gasteiger partial charge in [0.05, 0.1) is 11.3 Å². The number of hydrogen-bond donors (Lipinski definition) is 1. The number of amides is 2. The molecule has 2 amide bonds. The number of carbonyl (C=O) groups excluding carboxylic acids is 2. The van der Waals surface area contributed by atoms with Crippen molar-refractivity contribution in [2.24, 2.45) is 0 Å². The Kier molecular flexibility index (Phi) is 6.44. The molecule has 1 aromatic carbocycles. The fourth-order valence-electron chi connectivity index (χ4n) is 2.79. The molecule has 1 saturated heterocycles. The molecule has 0 radical (unpaired) electrons. The van der Waals surface area contributed by atoms with E-state index in [2.05, 4.69) is 12.2 Å². The van der Waals surface area contributed by atoms with E-state index < -0.39 is 0 Å². The fraction of sp³-hybridized carbons (Fsp3) is 0.556. The molecule has 0 spiro atoms. The number of benzene rings is 1. The summed E-state index contributed by atoms with van der Waals surface area (Å²) >= 11 is 0. The van der Waals surface area contributed by atoms with Crippen molar-refractivity contribution in [3.8, 4) is 0 Å². The highest BCUT2D eigenvalue weighted by molar-refractivity contribution is 6.03. The van der Waals surface area contributed by atoms with Gasteiger partial charge in [0.25, 0.3) is 5.91 Å². The Hall–Kier alpha value is -1.84. The van der Waals surface area contributed by atoms with Crippen molar-refractivity contribution in [1.29, 1.82) is 0 Å². The Morgan fingerprint density at radius 2 is 1.82 bits per heavy atom. The van der Waals surface area contributed by atoms with Gasteiger partial charge in [-0.05, 0) is 31.4 Å². The molecule has 1 heterocycles. The van der Waals surface area contributed by atoms with Crippen LogP contribution >= 0.6 is 0 Å². The number of rotatable bonds is 7. The minimum atomic E-state index is -0.00206. The molecule has 1 N–H and O–H groups in total. The summed E-state index contributed by atoms with van der Waals surface area (Å²) in [6.45, 7) is 3.79. The van der Waals surface area contributed by atoms with Crippen LogP contribution in [0.1, 0.15) is 62.2 Å². The molecule has 1 aliphatic rings. The molecular formula is C18H26N2O2. The molecule has 0 saturated carbocycles. The van der Waals surface area contributed by atoms with Gasteiger partial charge in [-0.3, -0.25) is 9.59 Å². The van der Waals surface area contributed by atoms with E-state index in [9.17, 15) is 9.59 Å². The van der Waals surface area contributed by atoms with Crippen LogP contribution in [0, 0.1) is 0 Å². The summed E-state index contributed by atoms with van der Waals surface area (Å²) in [7, 11) is 0. The predicted molar refractivity (Wildman–Crippen MR) is 89.0 cm³/mol. The van der Waals surface area contributed by atoms with Gasteiger partial charge in [0.2, 0.25) is 5.91 Å². The molecule has 0 unspecified atom stereocenters. The van der Waals surface area contributed by atoms with Gasteiger partial charge in [-0.15, -0.1) is 0 Å². The largest absolute Gasteiger partial charge is 0.339 e. The lowest BCUT2D eigenvalue weighted by atomic mass is 10.1. The highest BCUT2D eigenvalue weighted by Crippen LogP contribution is 2.20. The fourth-order valence-corrected chi connectivity index (χ4v) is 2.79. The van der Waals surface area contributed by atoms with Gasteiger partial charge in [0.1, 0.15) is 0 Å². The highest BCUT2D eigenvalue weighted by atomic mass is 16.2. The predicted octanol–water partition coefficient (Wildman–Crippen LogP) is 3.83. The summed E-state index contributed by atoms with van der Waals surface area (Å²) in [4.78, 5) is 26.4. The average Bonchev–Trinajstić information content (AvgIpc) is 3.06. The van der Waals surface area contributed by atoms with E-state index in [0.717, 1.165) is 51.6 Å². The standard InChI is InChI=1S/C18H26N2O2/c1-2-3-4-5-12-17(21)19-16-11-7-6-10-15(16)18(22)20-13-8-9-14-20/h6-7,10-11H,2-5,8-9,12-14H2,1H3,(H,19,21). The van der Waals surface area contributed by atoms with Gasteiger partial charge in [-0.2, -0.15) is 0 Å². The minimum absolute atomic E-state index is 0.00206. The smallest absolute Gasteiger partial charge is 0.255 e. The van der Waals surface area contributed by atoms with E-state index in [4.69, 9.17) is 0 Å². The second-order valence-electron chi connectivity index (χ2n) is 5.90. The molecule has 0 atom stereocenters. The first-order chi connectivity index (χ1) is 10.7. The van der Waals surface area contributed by atoms with Crippen LogP contribution in [-0.4, -0.2) is 29.8 Å². The quantitative estimate of drug-likeness (QED) is 0.778. The van der Waals surface area contributed by atoms with Crippen molar-refractivity contribution in [2.45, 2.75) is 51.9 Å². The van der Waals surface area contributed by atoms with Crippen molar-refractivity contribution >= 4 is 17.5 Å². The summed E-state index contributed by atoms with van der Waals surface area (Å²) < 4.78 is 0. The Bertz CT molecular complexity index is 508. The van der Waals surface area contributed by atoms with Crippen molar-refractivity contribution < 1.29 is 9.59 Å². The van der Waals surface area contributed by atoms with E-state index in [0.29, 0.717) is 17.7 Å². The van der Waals surface area contributed by atoms with E-state index in [1.54, 1.807) is 6.07 Å². The molecule has 0 aliphatic carbocycles. The third-order valence-corrected chi connectivity index (χ3v) is 4.08. The molecule has 0 bridgehead atoms. The first-order valence-corrected chi connectivity index (χ1v) is 8.40. The zero-order chi connectivity index (χ0) is 15.8. The van der Waals surface area contributed by atoms with E-state index in [-0.39, 0.29) is 11.8 Å². The van der Waals surface area contributed by atoms with Crippen molar-refractivity contribution in [3.05, 3.63) is 29.8 Å². The third kappa shape index (κ3) is 4.58. The average molecular weight is 302 g/mol. The zero-order valence-electron chi connectivity index (χ0n) is 13.4. The summed E-state index contributed by atoms with van der Waals surface area (Å²) in [6.07, 6.45) is 6.97. The highest BCUT2D eigenvalue weighted by Gasteiger charge is 2.22. The van der Waals surface area contributed by atoms with Crippen LogP contribution in [0.2, 0.25) is 0 Å². The van der Waals surface area contributed by atoms with Crippen molar-refractivity contribution in [1.82, 2.24) is 4.90 Å². The van der Waals surface area contributed by atoms with Gasteiger partial charge in [-0.25, -0.2) is 0 Å². The second kappa shape index (κ2) is 8.57. The number of nitrogens with one attached hydrogen (secondary N) is 1. The molecule has 0 aromatic heterocycles. The number of carbonyl (C=O) groups is 2. The van der Waals surface area contributed by atoms with Gasteiger partial charge in [-0.1, -0.05) is 38.3 Å². The molecule has 120 valence electrons. The maximum absolute atomic E-state index is 12.5. The van der Waals surface area contributed by atoms with Gasteiger partial charge in [0.15, 0.2) is 0 Å². The SMILES string of the molecule is CCCCCCC(=O)Nc1ccccc1C(=O)N1CCCC1. The van der Waals surface area contributed by atoms with Crippen LogP contribution in [0.15, 0.2) is 24.3 Å². The zero-order valence-corrected chi connectivity index (χ0v) is 13.4. The van der Waals surface area contributed by atoms with Gasteiger partial charge < -0.3 is 10.2 Å². The van der Waals surface area contributed by atoms with Crippen LogP contribution in [0.4, 0.5) is 5.69 Å². The molecular weight excluding hydrogens is 276 g/mol. The second-order valence-corrected chi connectivity index (χ2v) is 5.90. The normalized spacial score (nSPS) is 14.1. The topological polar surface area (TPSA) is 49.4 Å². The van der Waals surface area contributed by atoms with Crippen LogP contribution in [0.25, 0.3) is 0 Å². The molecule has 22 heavy (non-hydrogen) atoms. The third-order valence-electron chi connectivity index (χ3n) is 4.08. The van der Waals surface area contributed by atoms with Crippen LogP contribution in [0.3, 0.4) is 0 Å². The van der Waals surface area contributed by atoms with E-state index >= 15 is 0 Å². The molecule has 1 fully saturated rings. The first kappa shape index (κ1) is 16.5. The Balaban J connectivity index is 1.95. The van der Waals surface area contributed by atoms with Crippen molar-refractivity contribution in [3.63, 3.8) is 0 Å². The number of hydrogen-bond acceptors (Lipinski definition) is 2. The Morgan fingerprint density at radius 3 is 2.55 bits per heavy atom. The minimum Gasteiger partial charge on any atom is -0.339 e. The molecule has 1 aromatic rings. The lowest BCUT2D eigenvalue weighted by molar-refractivity contribution is -0.116. The Labute approximate surface area is 132 Å². The van der Waals surface area contributed by atoms with Crippen LogP contribution < -0.4 is 5.32 Å². The summed E-state index contributed by atoms with van der Waals surface area (Å²) in [5.41, 5.74) is 1.24. The maximum atomic E-state index is 12.5. The number of nitrogens with zero attached hydrogens (tertiary/aromatic N) is 1. The monoisotopic (exact) mass is 302 g/mol. The first-order valence-electron chi connectivity index (χ1n) is 8.40. The number of anilines is 1. The van der Waals surface area contributed by atoms with Gasteiger partial charge >= 0.3 is 0 Å². The van der Waals surface area contributed by atoms with E-state index in [1.165, 1.54) is 0 Å². The summed E-state index contributed by atoms with van der Waals surface area (Å²) in [6, 6.07) is 7.31. The summed E-state index contributed by atoms with van der Waals surface area (Å²) in [5, 5.41) is 2.91. The van der Waals surface area contributed by atoms with Gasteiger partial charge in [0, 0.05) is 19.5 Å². The van der Waals surface area contributed by atoms with Crippen LogP contribution in [0.5, 0.6) is 0 Å². The number of likely N-dealkylation sites (tertiary alicyclic amines) is 1.